The van der Waals surface area contributed by atoms with Crippen molar-refractivity contribution in [2.24, 2.45) is 5.92 Å². The lowest BCUT2D eigenvalue weighted by atomic mass is 10.0. The lowest BCUT2D eigenvalue weighted by Gasteiger charge is -2.11. The molecular formula is C16H16FN3O. The summed E-state index contributed by atoms with van der Waals surface area (Å²) >= 11 is 0. The number of nitrogens with zero attached hydrogens (tertiary/aromatic N) is 3. The molecule has 108 valence electrons. The number of ketones is 1. The van der Waals surface area contributed by atoms with Gasteiger partial charge in [0.2, 0.25) is 11.6 Å². The molecule has 5 heteroatoms. The van der Waals surface area contributed by atoms with E-state index in [1.54, 1.807) is 4.68 Å². The first-order valence-corrected chi connectivity index (χ1v) is 7.41. The Bertz CT molecular complexity index is 678. The minimum absolute atomic E-state index is 0.0570. The second-order valence-corrected chi connectivity index (χ2v) is 5.94. The molecule has 21 heavy (non-hydrogen) atoms. The van der Waals surface area contributed by atoms with Gasteiger partial charge in [0, 0.05) is 12.8 Å². The second-order valence-electron chi connectivity index (χ2n) is 5.94. The normalized spacial score (nSPS) is 24.0. The fraction of sp³-hybridized carbons (Fsp3) is 0.438. The smallest absolute Gasteiger partial charge is 0.217 e. The third kappa shape index (κ3) is 2.26. The SMILES string of the molecule is O=C(CC1CC1)c1nc2n(n1)C(c1ccccc1)CC2F. The second kappa shape index (κ2) is 4.76. The van der Waals surface area contributed by atoms with Crippen molar-refractivity contribution < 1.29 is 9.18 Å². The maximum atomic E-state index is 14.2. The lowest BCUT2D eigenvalue weighted by molar-refractivity contribution is 0.0965. The molecule has 1 aliphatic heterocycles. The van der Waals surface area contributed by atoms with E-state index in [2.05, 4.69) is 10.1 Å². The Hall–Kier alpha value is -2.04. The summed E-state index contributed by atoms with van der Waals surface area (Å²) in [6.07, 6.45) is 1.91. The number of carbonyl (C=O) groups excluding carboxylic acids is 1. The Morgan fingerprint density at radius 2 is 2.05 bits per heavy atom. The molecule has 0 N–H and O–H groups in total. The number of halogens is 1. The number of aromatic nitrogens is 3. The molecule has 1 aliphatic carbocycles. The van der Waals surface area contributed by atoms with Crippen LogP contribution in [0.5, 0.6) is 0 Å². The van der Waals surface area contributed by atoms with Gasteiger partial charge in [0.25, 0.3) is 0 Å². The molecule has 2 heterocycles. The largest absolute Gasteiger partial charge is 0.291 e. The minimum atomic E-state index is -1.15. The highest BCUT2D eigenvalue weighted by atomic mass is 19.1. The van der Waals surface area contributed by atoms with Gasteiger partial charge < -0.3 is 0 Å². The Kier molecular flexibility index (Phi) is 2.87. The van der Waals surface area contributed by atoms with Gasteiger partial charge in [0.15, 0.2) is 12.0 Å². The number of Topliss-reactive ketones (excluding diaryl/α,β-unsaturated/α-hetero) is 1. The molecule has 1 aromatic heterocycles. The number of rotatable bonds is 4. The molecule has 0 spiro atoms. The molecule has 0 radical (unpaired) electrons. The zero-order valence-electron chi connectivity index (χ0n) is 11.6. The number of carbonyl (C=O) groups is 1. The standard InChI is InChI=1S/C16H16FN3O/c17-12-9-13(11-4-2-1-3-5-11)20-16(12)18-15(19-20)14(21)8-10-6-7-10/h1-5,10,12-13H,6-9H2. The summed E-state index contributed by atoms with van der Waals surface area (Å²) in [5, 5.41) is 4.30. The molecule has 4 nitrogen and oxygen atoms in total. The van der Waals surface area contributed by atoms with Crippen molar-refractivity contribution in [2.75, 3.05) is 0 Å². The van der Waals surface area contributed by atoms with Crippen molar-refractivity contribution in [3.05, 3.63) is 47.5 Å². The predicted molar refractivity (Wildman–Crippen MR) is 74.7 cm³/mol. The van der Waals surface area contributed by atoms with Crippen LogP contribution in [0.15, 0.2) is 30.3 Å². The zero-order valence-corrected chi connectivity index (χ0v) is 11.6. The van der Waals surface area contributed by atoms with Gasteiger partial charge in [-0.25, -0.2) is 14.1 Å². The van der Waals surface area contributed by atoms with Crippen molar-refractivity contribution in [3.63, 3.8) is 0 Å². The number of fused-ring (bicyclic) bond motifs is 1. The van der Waals surface area contributed by atoms with Crippen molar-refractivity contribution in [1.29, 1.82) is 0 Å². The highest BCUT2D eigenvalue weighted by Gasteiger charge is 2.37. The molecular weight excluding hydrogens is 269 g/mol. The molecule has 1 fully saturated rings. The molecule has 1 aromatic carbocycles. The fourth-order valence-corrected chi connectivity index (χ4v) is 2.93. The number of hydrogen-bond acceptors (Lipinski definition) is 3. The summed E-state index contributed by atoms with van der Waals surface area (Å²) in [5.41, 5.74) is 1.00. The van der Waals surface area contributed by atoms with Gasteiger partial charge in [0.1, 0.15) is 0 Å². The summed E-state index contributed by atoms with van der Waals surface area (Å²) in [7, 11) is 0. The maximum absolute atomic E-state index is 14.2. The van der Waals surface area contributed by atoms with E-state index in [9.17, 15) is 9.18 Å². The highest BCUT2D eigenvalue weighted by Crippen LogP contribution is 2.39. The van der Waals surface area contributed by atoms with Crippen molar-refractivity contribution in [2.45, 2.75) is 37.9 Å². The van der Waals surface area contributed by atoms with Crippen LogP contribution in [0.2, 0.25) is 0 Å². The summed E-state index contributed by atoms with van der Waals surface area (Å²) in [5.74, 6) is 0.906. The van der Waals surface area contributed by atoms with Crippen LogP contribution in [0.4, 0.5) is 4.39 Å². The fourth-order valence-electron chi connectivity index (χ4n) is 2.93. The van der Waals surface area contributed by atoms with Gasteiger partial charge in [-0.15, -0.1) is 5.10 Å². The molecule has 2 aromatic rings. The molecule has 0 saturated heterocycles. The summed E-state index contributed by atoms with van der Waals surface area (Å²) in [6.45, 7) is 0. The van der Waals surface area contributed by atoms with Crippen LogP contribution < -0.4 is 0 Å². The average molecular weight is 285 g/mol. The topological polar surface area (TPSA) is 47.8 Å². The minimum Gasteiger partial charge on any atom is -0.291 e. The Morgan fingerprint density at radius 1 is 1.29 bits per heavy atom. The molecule has 0 amide bonds. The highest BCUT2D eigenvalue weighted by molar-refractivity contribution is 5.92. The first-order chi connectivity index (χ1) is 10.2. The average Bonchev–Trinajstić information content (AvgIpc) is 3.11. The predicted octanol–water partition coefficient (Wildman–Crippen LogP) is 3.26. The van der Waals surface area contributed by atoms with Gasteiger partial charge in [-0.3, -0.25) is 4.79 Å². The third-order valence-electron chi connectivity index (χ3n) is 4.27. The van der Waals surface area contributed by atoms with E-state index in [4.69, 9.17) is 0 Å². The van der Waals surface area contributed by atoms with E-state index in [1.165, 1.54) is 0 Å². The van der Waals surface area contributed by atoms with Crippen molar-refractivity contribution in [3.8, 4) is 0 Å². The van der Waals surface area contributed by atoms with E-state index in [0.717, 1.165) is 18.4 Å². The Balaban J connectivity index is 1.65. The van der Waals surface area contributed by atoms with Crippen molar-refractivity contribution in [1.82, 2.24) is 14.8 Å². The van der Waals surface area contributed by atoms with Crippen LogP contribution in [0, 0.1) is 5.92 Å². The number of alkyl halides is 1. The molecule has 2 atom stereocenters. The van der Waals surface area contributed by atoms with Crippen LogP contribution in [-0.4, -0.2) is 20.5 Å². The van der Waals surface area contributed by atoms with Crippen LogP contribution in [0.3, 0.4) is 0 Å². The van der Waals surface area contributed by atoms with E-state index < -0.39 is 6.17 Å². The van der Waals surface area contributed by atoms with Crippen LogP contribution in [0.1, 0.15) is 59.9 Å². The summed E-state index contributed by atoms with van der Waals surface area (Å²) < 4.78 is 15.8. The maximum Gasteiger partial charge on any atom is 0.217 e. The van der Waals surface area contributed by atoms with Crippen LogP contribution in [0.25, 0.3) is 0 Å². The van der Waals surface area contributed by atoms with Crippen molar-refractivity contribution >= 4 is 5.78 Å². The van der Waals surface area contributed by atoms with Gasteiger partial charge >= 0.3 is 0 Å². The zero-order chi connectivity index (χ0) is 14.4. The Labute approximate surface area is 122 Å². The van der Waals surface area contributed by atoms with Gasteiger partial charge in [0.05, 0.1) is 6.04 Å². The molecule has 4 rings (SSSR count). The van der Waals surface area contributed by atoms with E-state index in [0.29, 0.717) is 24.6 Å². The quantitative estimate of drug-likeness (QED) is 0.810. The summed E-state index contributed by atoms with van der Waals surface area (Å²) in [4.78, 5) is 16.2. The van der Waals surface area contributed by atoms with E-state index in [-0.39, 0.29) is 17.6 Å². The first-order valence-electron chi connectivity index (χ1n) is 7.41. The number of benzene rings is 1. The molecule has 1 saturated carbocycles. The van der Waals surface area contributed by atoms with Gasteiger partial charge in [-0.05, 0) is 24.3 Å². The third-order valence-corrected chi connectivity index (χ3v) is 4.27. The lowest BCUT2D eigenvalue weighted by Crippen LogP contribution is -2.10. The van der Waals surface area contributed by atoms with Gasteiger partial charge in [-0.2, -0.15) is 0 Å². The van der Waals surface area contributed by atoms with Crippen LogP contribution in [-0.2, 0) is 0 Å². The number of hydrogen-bond donors (Lipinski definition) is 0. The van der Waals surface area contributed by atoms with Crippen LogP contribution >= 0.6 is 0 Å². The van der Waals surface area contributed by atoms with E-state index in [1.807, 2.05) is 30.3 Å². The Morgan fingerprint density at radius 3 is 2.76 bits per heavy atom. The summed E-state index contributed by atoms with van der Waals surface area (Å²) in [6, 6.07) is 9.54. The van der Waals surface area contributed by atoms with Gasteiger partial charge in [-0.1, -0.05) is 30.3 Å². The first kappa shape index (κ1) is 12.7. The molecule has 2 unspecified atom stereocenters. The van der Waals surface area contributed by atoms with E-state index >= 15 is 0 Å². The molecule has 0 bridgehead atoms. The molecule has 2 aliphatic rings. The monoisotopic (exact) mass is 285 g/mol.